The number of carbonyl (C=O) groups excluding carboxylic acids is 1. The fourth-order valence-corrected chi connectivity index (χ4v) is 1.99. The van der Waals surface area contributed by atoms with Crippen molar-refractivity contribution in [2.45, 2.75) is 20.0 Å². The van der Waals surface area contributed by atoms with E-state index in [0.717, 1.165) is 17.7 Å². The van der Waals surface area contributed by atoms with Gasteiger partial charge in [-0.2, -0.15) is 0 Å². The maximum Gasteiger partial charge on any atom is 0.203 e. The topological polar surface area (TPSA) is 26.3 Å². The molecule has 2 aromatic rings. The van der Waals surface area contributed by atoms with E-state index in [2.05, 4.69) is 0 Å². The van der Waals surface area contributed by atoms with Gasteiger partial charge in [0.05, 0.1) is 5.02 Å². The Hall–Kier alpha value is -1.94. The second-order valence-electron chi connectivity index (χ2n) is 4.69. The van der Waals surface area contributed by atoms with Crippen molar-refractivity contribution in [3.05, 3.63) is 64.2 Å². The molecule has 2 aromatic carbocycles. The Labute approximate surface area is 126 Å². The molecule has 0 aliphatic carbocycles. The number of benzene rings is 2. The Bertz CT molecular complexity index is 686. The number of ketones is 1. The third-order valence-electron chi connectivity index (χ3n) is 2.96. The van der Waals surface area contributed by atoms with Gasteiger partial charge >= 0.3 is 0 Å². The van der Waals surface area contributed by atoms with Gasteiger partial charge in [-0.05, 0) is 49.7 Å². The molecule has 5 heteroatoms. The number of Topliss-reactive ketones (excluding diaryl/α,β-unsaturated/α-hetero) is 1. The summed E-state index contributed by atoms with van der Waals surface area (Å²) in [6, 6.07) is 8.18. The van der Waals surface area contributed by atoms with Crippen LogP contribution in [-0.4, -0.2) is 11.9 Å². The molecular weight excluding hydrogens is 298 g/mol. The van der Waals surface area contributed by atoms with E-state index >= 15 is 0 Å². The molecule has 0 aliphatic heterocycles. The zero-order valence-corrected chi connectivity index (χ0v) is 12.2. The summed E-state index contributed by atoms with van der Waals surface area (Å²) in [5.41, 5.74) is 0.979. The fourth-order valence-electron chi connectivity index (χ4n) is 1.83. The summed E-state index contributed by atoms with van der Waals surface area (Å²) in [4.78, 5) is 12.2. The first-order valence-electron chi connectivity index (χ1n) is 6.30. The van der Waals surface area contributed by atoms with E-state index in [4.69, 9.17) is 16.3 Å². The van der Waals surface area contributed by atoms with Crippen LogP contribution in [-0.2, 0) is 0 Å². The molecule has 0 fully saturated rings. The highest BCUT2D eigenvalue weighted by molar-refractivity contribution is 6.32. The molecule has 1 unspecified atom stereocenters. The Morgan fingerprint density at radius 1 is 1.14 bits per heavy atom. The van der Waals surface area contributed by atoms with Crippen molar-refractivity contribution < 1.29 is 18.3 Å². The van der Waals surface area contributed by atoms with E-state index in [0.29, 0.717) is 10.8 Å². The maximum absolute atomic E-state index is 13.2. The summed E-state index contributed by atoms with van der Waals surface area (Å²) >= 11 is 5.99. The SMILES string of the molecule is Cc1ccc(Cl)c(OC(C)C(=O)c2ccc(F)c(F)c2)c1. The second-order valence-corrected chi connectivity index (χ2v) is 5.09. The number of ether oxygens (including phenoxy) is 1. The third kappa shape index (κ3) is 3.58. The third-order valence-corrected chi connectivity index (χ3v) is 3.28. The molecule has 0 amide bonds. The normalized spacial score (nSPS) is 12.0. The van der Waals surface area contributed by atoms with Crippen LogP contribution in [0.1, 0.15) is 22.8 Å². The average Bonchev–Trinajstić information content (AvgIpc) is 2.45. The molecule has 0 aliphatic rings. The summed E-state index contributed by atoms with van der Waals surface area (Å²) in [5, 5.41) is 0.380. The first-order chi connectivity index (χ1) is 9.88. The molecule has 0 saturated carbocycles. The first kappa shape index (κ1) is 15.4. The molecular formula is C16H13ClF2O2. The van der Waals surface area contributed by atoms with Gasteiger partial charge in [0.25, 0.3) is 0 Å². The molecule has 1 atom stereocenters. The molecule has 2 nitrogen and oxygen atoms in total. The maximum atomic E-state index is 13.2. The van der Waals surface area contributed by atoms with Crippen LogP contribution < -0.4 is 4.74 Å². The van der Waals surface area contributed by atoms with Crippen molar-refractivity contribution in [3.63, 3.8) is 0 Å². The van der Waals surface area contributed by atoms with Crippen LogP contribution in [0.15, 0.2) is 36.4 Å². The van der Waals surface area contributed by atoms with Gasteiger partial charge in [0.2, 0.25) is 5.78 Å². The van der Waals surface area contributed by atoms with Gasteiger partial charge in [-0.1, -0.05) is 17.7 Å². The predicted octanol–water partition coefficient (Wildman–Crippen LogP) is 4.58. The van der Waals surface area contributed by atoms with Crippen LogP contribution in [0, 0.1) is 18.6 Å². The summed E-state index contributed by atoms with van der Waals surface area (Å²) in [6.07, 6.45) is -0.867. The average molecular weight is 311 g/mol. The van der Waals surface area contributed by atoms with E-state index in [1.165, 1.54) is 13.0 Å². The minimum atomic E-state index is -1.07. The molecule has 0 N–H and O–H groups in total. The number of carbonyl (C=O) groups is 1. The molecule has 110 valence electrons. The van der Waals surface area contributed by atoms with Crippen LogP contribution in [0.5, 0.6) is 5.75 Å². The van der Waals surface area contributed by atoms with Crippen LogP contribution in [0.25, 0.3) is 0 Å². The monoisotopic (exact) mass is 310 g/mol. The molecule has 0 saturated heterocycles. The Balaban J connectivity index is 2.19. The lowest BCUT2D eigenvalue weighted by molar-refractivity contribution is 0.0817. The number of hydrogen-bond donors (Lipinski definition) is 0. The van der Waals surface area contributed by atoms with E-state index in [1.807, 2.05) is 13.0 Å². The molecule has 0 bridgehead atoms. The Morgan fingerprint density at radius 2 is 1.86 bits per heavy atom. The van der Waals surface area contributed by atoms with Crippen LogP contribution in [0.3, 0.4) is 0 Å². The molecule has 0 spiro atoms. The Morgan fingerprint density at radius 3 is 2.52 bits per heavy atom. The first-order valence-corrected chi connectivity index (χ1v) is 6.68. The highest BCUT2D eigenvalue weighted by Crippen LogP contribution is 2.27. The molecule has 2 rings (SSSR count). The predicted molar refractivity (Wildman–Crippen MR) is 77.0 cm³/mol. The minimum absolute atomic E-state index is 0.0465. The lowest BCUT2D eigenvalue weighted by atomic mass is 10.1. The summed E-state index contributed by atoms with van der Waals surface area (Å²) < 4.78 is 31.5. The molecule has 0 radical (unpaired) electrons. The van der Waals surface area contributed by atoms with Gasteiger partial charge in [-0.3, -0.25) is 4.79 Å². The molecule has 0 aromatic heterocycles. The fraction of sp³-hybridized carbons (Fsp3) is 0.188. The second kappa shape index (κ2) is 6.22. The largest absolute Gasteiger partial charge is 0.481 e. The van der Waals surface area contributed by atoms with Gasteiger partial charge in [-0.15, -0.1) is 0 Å². The quantitative estimate of drug-likeness (QED) is 0.773. The van der Waals surface area contributed by atoms with Crippen LogP contribution >= 0.6 is 11.6 Å². The minimum Gasteiger partial charge on any atom is -0.481 e. The van der Waals surface area contributed by atoms with Crippen molar-refractivity contribution >= 4 is 17.4 Å². The highest BCUT2D eigenvalue weighted by Gasteiger charge is 2.19. The van der Waals surface area contributed by atoms with Gasteiger partial charge < -0.3 is 4.74 Å². The van der Waals surface area contributed by atoms with E-state index in [-0.39, 0.29) is 5.56 Å². The van der Waals surface area contributed by atoms with Gasteiger partial charge in [0.15, 0.2) is 17.7 Å². The summed E-state index contributed by atoms with van der Waals surface area (Å²) in [7, 11) is 0. The van der Waals surface area contributed by atoms with Crippen LogP contribution in [0.2, 0.25) is 5.02 Å². The lowest BCUT2D eigenvalue weighted by Gasteiger charge is -2.15. The molecule has 21 heavy (non-hydrogen) atoms. The zero-order valence-electron chi connectivity index (χ0n) is 11.5. The van der Waals surface area contributed by atoms with Crippen molar-refractivity contribution in [3.8, 4) is 5.75 Å². The van der Waals surface area contributed by atoms with E-state index in [9.17, 15) is 13.6 Å². The van der Waals surface area contributed by atoms with Crippen molar-refractivity contribution in [2.24, 2.45) is 0 Å². The number of halogens is 3. The van der Waals surface area contributed by atoms with E-state index < -0.39 is 23.5 Å². The van der Waals surface area contributed by atoms with E-state index in [1.54, 1.807) is 12.1 Å². The summed E-state index contributed by atoms with van der Waals surface area (Å²) in [5.74, 6) is -2.14. The van der Waals surface area contributed by atoms with Crippen molar-refractivity contribution in [1.82, 2.24) is 0 Å². The zero-order chi connectivity index (χ0) is 15.6. The smallest absolute Gasteiger partial charge is 0.203 e. The van der Waals surface area contributed by atoms with Crippen molar-refractivity contribution in [2.75, 3.05) is 0 Å². The number of aryl methyl sites for hydroxylation is 1. The Kier molecular flexibility index (Phi) is 4.58. The van der Waals surface area contributed by atoms with Gasteiger partial charge in [0, 0.05) is 5.56 Å². The van der Waals surface area contributed by atoms with Crippen LogP contribution in [0.4, 0.5) is 8.78 Å². The van der Waals surface area contributed by atoms with Gasteiger partial charge in [-0.25, -0.2) is 8.78 Å². The highest BCUT2D eigenvalue weighted by atomic mass is 35.5. The molecule has 0 heterocycles. The van der Waals surface area contributed by atoms with Gasteiger partial charge in [0.1, 0.15) is 5.75 Å². The number of hydrogen-bond acceptors (Lipinski definition) is 2. The van der Waals surface area contributed by atoms with Crippen molar-refractivity contribution in [1.29, 1.82) is 0 Å². The summed E-state index contributed by atoms with van der Waals surface area (Å²) in [6.45, 7) is 3.40. The number of rotatable bonds is 4. The lowest BCUT2D eigenvalue weighted by Crippen LogP contribution is -2.24. The standard InChI is InChI=1S/C16H13ClF2O2/c1-9-3-5-12(17)15(7-9)21-10(2)16(20)11-4-6-13(18)14(19)8-11/h3-8,10H,1-2H3.